The molecule has 0 rings (SSSR count). The van der Waals surface area contributed by atoms with Gasteiger partial charge in [0.2, 0.25) is 5.91 Å². The lowest BCUT2D eigenvalue weighted by Crippen LogP contribution is -2.41. The fraction of sp³-hybridized carbons (Fsp3) is 0.833. The average molecular weight is 229 g/mol. The molecular weight excluding hydrogens is 206 g/mol. The molecule has 4 heteroatoms. The third kappa shape index (κ3) is 6.43. The zero-order valence-corrected chi connectivity index (χ0v) is 10.7. The largest absolute Gasteiger partial charge is 0.467 e. The summed E-state index contributed by atoms with van der Waals surface area (Å²) < 4.78 is 4.66. The molecular formula is C12H23NO3. The second-order valence-corrected chi connectivity index (χ2v) is 4.38. The molecule has 0 radical (unpaired) electrons. The Morgan fingerprint density at radius 2 is 1.94 bits per heavy atom. The summed E-state index contributed by atoms with van der Waals surface area (Å²) in [6.45, 7) is 5.99. The van der Waals surface area contributed by atoms with Crippen LogP contribution in [0.5, 0.6) is 0 Å². The van der Waals surface area contributed by atoms with Gasteiger partial charge in [0.15, 0.2) is 0 Å². The van der Waals surface area contributed by atoms with Gasteiger partial charge in [0.25, 0.3) is 0 Å². The van der Waals surface area contributed by atoms with Crippen LogP contribution >= 0.6 is 0 Å². The second-order valence-electron chi connectivity index (χ2n) is 4.38. The average Bonchev–Trinajstić information content (AvgIpc) is 2.21. The van der Waals surface area contributed by atoms with Crippen molar-refractivity contribution in [3.63, 3.8) is 0 Å². The van der Waals surface area contributed by atoms with Gasteiger partial charge in [-0.15, -0.1) is 0 Å². The van der Waals surface area contributed by atoms with Crippen LogP contribution in [0.2, 0.25) is 0 Å². The monoisotopic (exact) mass is 229 g/mol. The van der Waals surface area contributed by atoms with Gasteiger partial charge in [-0.2, -0.15) is 0 Å². The van der Waals surface area contributed by atoms with E-state index in [9.17, 15) is 9.59 Å². The van der Waals surface area contributed by atoms with Crippen molar-refractivity contribution in [3.8, 4) is 0 Å². The van der Waals surface area contributed by atoms with Crippen LogP contribution in [0, 0.1) is 5.92 Å². The van der Waals surface area contributed by atoms with E-state index in [0.29, 0.717) is 18.8 Å². The number of rotatable bonds is 7. The Labute approximate surface area is 97.7 Å². The van der Waals surface area contributed by atoms with Crippen LogP contribution in [0.4, 0.5) is 0 Å². The van der Waals surface area contributed by atoms with Crippen LogP contribution in [0.15, 0.2) is 0 Å². The molecule has 0 aromatic carbocycles. The zero-order valence-electron chi connectivity index (χ0n) is 10.7. The van der Waals surface area contributed by atoms with E-state index in [0.717, 1.165) is 12.8 Å². The van der Waals surface area contributed by atoms with E-state index in [4.69, 9.17) is 0 Å². The van der Waals surface area contributed by atoms with Crippen molar-refractivity contribution in [1.82, 2.24) is 5.32 Å². The Morgan fingerprint density at radius 1 is 1.31 bits per heavy atom. The molecule has 0 fully saturated rings. The number of carbonyl (C=O) groups excluding carboxylic acids is 2. The van der Waals surface area contributed by atoms with E-state index >= 15 is 0 Å². The third-order valence-corrected chi connectivity index (χ3v) is 2.26. The minimum Gasteiger partial charge on any atom is -0.467 e. The predicted molar refractivity (Wildman–Crippen MR) is 62.9 cm³/mol. The molecule has 0 bridgehead atoms. The van der Waals surface area contributed by atoms with Crippen LogP contribution in [-0.4, -0.2) is 25.0 Å². The number of amides is 1. The molecule has 0 saturated carbocycles. The van der Waals surface area contributed by atoms with Crippen LogP contribution in [-0.2, 0) is 14.3 Å². The number of hydrogen-bond acceptors (Lipinski definition) is 3. The minimum atomic E-state index is -0.490. The van der Waals surface area contributed by atoms with Crippen LogP contribution < -0.4 is 5.32 Å². The SMILES string of the molecule is CCCC[C@H](NC(=O)CC(C)C)C(=O)OC. The van der Waals surface area contributed by atoms with Crippen molar-refractivity contribution in [2.75, 3.05) is 7.11 Å². The Balaban J connectivity index is 4.19. The number of unbranched alkanes of at least 4 members (excludes halogenated alkanes) is 1. The van der Waals surface area contributed by atoms with Crippen molar-refractivity contribution >= 4 is 11.9 Å². The quantitative estimate of drug-likeness (QED) is 0.678. The maximum absolute atomic E-state index is 11.5. The predicted octanol–water partition coefficient (Wildman–Crippen LogP) is 1.88. The van der Waals surface area contributed by atoms with Gasteiger partial charge in [-0.05, 0) is 12.3 Å². The number of ether oxygens (including phenoxy) is 1. The molecule has 0 aliphatic heterocycles. The Kier molecular flexibility index (Phi) is 7.60. The van der Waals surface area contributed by atoms with Gasteiger partial charge in [0, 0.05) is 6.42 Å². The molecule has 0 aliphatic carbocycles. The second kappa shape index (κ2) is 8.13. The van der Waals surface area contributed by atoms with Gasteiger partial charge in [0.1, 0.15) is 6.04 Å². The molecule has 0 aromatic rings. The van der Waals surface area contributed by atoms with Crippen LogP contribution in [0.25, 0.3) is 0 Å². The van der Waals surface area contributed by atoms with Gasteiger partial charge in [0.05, 0.1) is 7.11 Å². The van der Waals surface area contributed by atoms with E-state index in [1.807, 2.05) is 20.8 Å². The highest BCUT2D eigenvalue weighted by Crippen LogP contribution is 2.05. The fourth-order valence-corrected chi connectivity index (χ4v) is 1.42. The van der Waals surface area contributed by atoms with Crippen molar-refractivity contribution in [3.05, 3.63) is 0 Å². The van der Waals surface area contributed by atoms with Gasteiger partial charge in [-0.3, -0.25) is 4.79 Å². The van der Waals surface area contributed by atoms with Crippen molar-refractivity contribution in [1.29, 1.82) is 0 Å². The first-order chi connectivity index (χ1) is 7.51. The van der Waals surface area contributed by atoms with E-state index in [2.05, 4.69) is 10.1 Å². The summed E-state index contributed by atoms with van der Waals surface area (Å²) in [7, 11) is 1.34. The van der Waals surface area contributed by atoms with Crippen molar-refractivity contribution in [2.24, 2.45) is 5.92 Å². The minimum absolute atomic E-state index is 0.0819. The van der Waals surface area contributed by atoms with Crippen molar-refractivity contribution < 1.29 is 14.3 Å². The molecule has 4 nitrogen and oxygen atoms in total. The highest BCUT2D eigenvalue weighted by molar-refractivity contribution is 5.84. The number of methoxy groups -OCH3 is 1. The summed E-state index contributed by atoms with van der Waals surface area (Å²) in [5.74, 6) is -0.142. The highest BCUT2D eigenvalue weighted by Gasteiger charge is 2.20. The lowest BCUT2D eigenvalue weighted by molar-refractivity contribution is -0.145. The van der Waals surface area contributed by atoms with E-state index in [1.165, 1.54) is 7.11 Å². The first kappa shape index (κ1) is 14.9. The molecule has 0 heterocycles. The first-order valence-corrected chi connectivity index (χ1v) is 5.88. The zero-order chi connectivity index (χ0) is 12.6. The molecule has 94 valence electrons. The highest BCUT2D eigenvalue weighted by atomic mass is 16.5. The molecule has 1 atom stereocenters. The topological polar surface area (TPSA) is 55.4 Å². The molecule has 0 aliphatic rings. The molecule has 16 heavy (non-hydrogen) atoms. The lowest BCUT2D eigenvalue weighted by Gasteiger charge is -2.16. The van der Waals surface area contributed by atoms with E-state index < -0.39 is 6.04 Å². The van der Waals surface area contributed by atoms with Gasteiger partial charge in [-0.25, -0.2) is 4.79 Å². The molecule has 0 aromatic heterocycles. The smallest absolute Gasteiger partial charge is 0.328 e. The van der Waals surface area contributed by atoms with Crippen LogP contribution in [0.3, 0.4) is 0 Å². The molecule has 1 N–H and O–H groups in total. The van der Waals surface area contributed by atoms with Crippen molar-refractivity contribution in [2.45, 2.75) is 52.5 Å². The normalized spacial score (nSPS) is 12.3. The maximum Gasteiger partial charge on any atom is 0.328 e. The Morgan fingerprint density at radius 3 is 2.38 bits per heavy atom. The summed E-state index contributed by atoms with van der Waals surface area (Å²) in [6.07, 6.45) is 2.99. The molecule has 1 amide bonds. The number of esters is 1. The first-order valence-electron chi connectivity index (χ1n) is 5.88. The van der Waals surface area contributed by atoms with Gasteiger partial charge < -0.3 is 10.1 Å². The lowest BCUT2D eigenvalue weighted by atomic mass is 10.1. The van der Waals surface area contributed by atoms with Gasteiger partial charge >= 0.3 is 5.97 Å². The molecule has 0 spiro atoms. The van der Waals surface area contributed by atoms with Gasteiger partial charge in [-0.1, -0.05) is 33.6 Å². The summed E-state index contributed by atoms with van der Waals surface area (Å²) in [6, 6.07) is -0.490. The Bertz CT molecular complexity index is 226. The summed E-state index contributed by atoms with van der Waals surface area (Å²) in [4.78, 5) is 22.9. The summed E-state index contributed by atoms with van der Waals surface area (Å²) in [5, 5.41) is 2.72. The van der Waals surface area contributed by atoms with Crippen LogP contribution in [0.1, 0.15) is 46.5 Å². The molecule has 0 unspecified atom stereocenters. The van der Waals surface area contributed by atoms with E-state index in [1.54, 1.807) is 0 Å². The Hall–Kier alpha value is -1.06. The van der Waals surface area contributed by atoms with E-state index in [-0.39, 0.29) is 11.9 Å². The standard InChI is InChI=1S/C12H23NO3/c1-5-6-7-10(12(15)16-4)13-11(14)8-9(2)3/h9-10H,5-8H2,1-4H3,(H,13,14)/t10-/m0/s1. The number of carbonyl (C=O) groups is 2. The summed E-state index contributed by atoms with van der Waals surface area (Å²) >= 11 is 0. The maximum atomic E-state index is 11.5. The number of nitrogens with one attached hydrogen (secondary N) is 1. The fourth-order valence-electron chi connectivity index (χ4n) is 1.42. The molecule has 0 saturated heterocycles. The number of hydrogen-bond donors (Lipinski definition) is 1. The third-order valence-electron chi connectivity index (χ3n) is 2.26. The summed E-state index contributed by atoms with van der Waals surface area (Å²) in [5.41, 5.74) is 0.